The van der Waals surface area contributed by atoms with Crippen molar-refractivity contribution in [3.8, 4) is 0 Å². The minimum Gasteiger partial charge on any atom is -0.299 e. The van der Waals surface area contributed by atoms with E-state index >= 15 is 0 Å². The smallest absolute Gasteiger partial charge is 0.0482 e. The first-order valence-electron chi connectivity index (χ1n) is 3.83. The third-order valence-corrected chi connectivity index (χ3v) is 3.92. The molecule has 3 heteroatoms. The van der Waals surface area contributed by atoms with Gasteiger partial charge >= 0.3 is 0 Å². The van der Waals surface area contributed by atoms with Crippen molar-refractivity contribution in [2.24, 2.45) is 0 Å². The molecule has 0 aromatic heterocycles. The SMILES string of the molecule is CS(O)(O)C1CCCCC1. The zero-order valence-corrected chi connectivity index (χ0v) is 7.23. The van der Waals surface area contributed by atoms with Crippen LogP contribution in [0.15, 0.2) is 0 Å². The Balaban J connectivity index is 2.39. The van der Waals surface area contributed by atoms with E-state index in [0.29, 0.717) is 0 Å². The lowest BCUT2D eigenvalue weighted by molar-refractivity contribution is 0.430. The molecule has 1 aliphatic rings. The molecule has 0 aromatic carbocycles. The Kier molecular flexibility index (Phi) is 2.61. The summed E-state index contributed by atoms with van der Waals surface area (Å²) in [6.07, 6.45) is 7.22. The molecular weight excluding hydrogens is 148 g/mol. The fourth-order valence-electron chi connectivity index (χ4n) is 1.51. The van der Waals surface area contributed by atoms with Gasteiger partial charge < -0.3 is 0 Å². The van der Waals surface area contributed by atoms with Gasteiger partial charge in [0.2, 0.25) is 0 Å². The second-order valence-electron chi connectivity index (χ2n) is 3.15. The second kappa shape index (κ2) is 3.11. The predicted octanol–water partition coefficient (Wildman–Crippen LogP) is 2.70. The van der Waals surface area contributed by atoms with Crippen LogP contribution < -0.4 is 0 Å². The second-order valence-corrected chi connectivity index (χ2v) is 5.61. The van der Waals surface area contributed by atoms with Gasteiger partial charge in [0.15, 0.2) is 0 Å². The molecule has 0 bridgehead atoms. The largest absolute Gasteiger partial charge is 0.299 e. The lowest BCUT2D eigenvalue weighted by atomic mass is 10.0. The molecule has 62 valence electrons. The van der Waals surface area contributed by atoms with Crippen LogP contribution in [0.1, 0.15) is 32.1 Å². The maximum atomic E-state index is 9.28. The van der Waals surface area contributed by atoms with Crippen molar-refractivity contribution in [1.29, 1.82) is 0 Å². The summed E-state index contributed by atoms with van der Waals surface area (Å²) in [5, 5.41) is 0.196. The van der Waals surface area contributed by atoms with Crippen LogP contribution in [0.3, 0.4) is 0 Å². The Morgan fingerprint density at radius 3 is 1.90 bits per heavy atom. The van der Waals surface area contributed by atoms with E-state index in [4.69, 9.17) is 0 Å². The third kappa shape index (κ3) is 2.15. The summed E-state index contributed by atoms with van der Waals surface area (Å²) < 4.78 is 18.6. The molecule has 0 aliphatic heterocycles. The topological polar surface area (TPSA) is 40.5 Å². The number of hydrogen-bond donors (Lipinski definition) is 2. The van der Waals surface area contributed by atoms with Gasteiger partial charge in [-0.3, -0.25) is 9.11 Å². The van der Waals surface area contributed by atoms with Crippen molar-refractivity contribution < 1.29 is 9.11 Å². The van der Waals surface area contributed by atoms with E-state index in [1.165, 1.54) is 19.3 Å². The Hall–Kier alpha value is 0.270. The molecule has 0 amide bonds. The minimum atomic E-state index is -2.23. The molecule has 2 N–H and O–H groups in total. The zero-order chi connectivity index (χ0) is 7.61. The molecule has 0 aromatic rings. The van der Waals surface area contributed by atoms with Gasteiger partial charge in [0.05, 0.1) is 0 Å². The first-order chi connectivity index (χ1) is 4.61. The average molecular weight is 164 g/mol. The molecule has 0 unspecified atom stereocenters. The van der Waals surface area contributed by atoms with Crippen molar-refractivity contribution in [3.63, 3.8) is 0 Å². The van der Waals surface area contributed by atoms with Gasteiger partial charge in [-0.15, -0.1) is 0 Å². The van der Waals surface area contributed by atoms with Gasteiger partial charge in [-0.05, 0) is 12.8 Å². The van der Waals surface area contributed by atoms with Gasteiger partial charge in [-0.2, -0.15) is 10.6 Å². The van der Waals surface area contributed by atoms with Crippen molar-refractivity contribution in [2.75, 3.05) is 6.26 Å². The summed E-state index contributed by atoms with van der Waals surface area (Å²) in [5.74, 6) is 0. The Morgan fingerprint density at radius 2 is 1.60 bits per heavy atom. The fraction of sp³-hybridized carbons (Fsp3) is 1.00. The van der Waals surface area contributed by atoms with Crippen molar-refractivity contribution in [1.82, 2.24) is 0 Å². The molecule has 0 saturated heterocycles. The monoisotopic (exact) mass is 164 g/mol. The van der Waals surface area contributed by atoms with Crippen LogP contribution in [0.4, 0.5) is 0 Å². The van der Waals surface area contributed by atoms with Gasteiger partial charge in [-0.25, -0.2) is 0 Å². The van der Waals surface area contributed by atoms with Crippen molar-refractivity contribution in [3.05, 3.63) is 0 Å². The van der Waals surface area contributed by atoms with Gasteiger partial charge in [-0.1, -0.05) is 19.3 Å². The van der Waals surface area contributed by atoms with Crippen molar-refractivity contribution in [2.45, 2.75) is 37.4 Å². The molecule has 0 radical (unpaired) electrons. The quantitative estimate of drug-likeness (QED) is 0.625. The maximum Gasteiger partial charge on any atom is 0.0482 e. The van der Waals surface area contributed by atoms with Gasteiger partial charge in [0, 0.05) is 11.5 Å². The highest BCUT2D eigenvalue weighted by atomic mass is 32.3. The first-order valence-corrected chi connectivity index (χ1v) is 5.84. The van der Waals surface area contributed by atoms with Crippen LogP contribution in [0.25, 0.3) is 0 Å². The van der Waals surface area contributed by atoms with E-state index in [9.17, 15) is 9.11 Å². The van der Waals surface area contributed by atoms with Gasteiger partial charge in [0.25, 0.3) is 0 Å². The molecule has 0 heterocycles. The summed E-state index contributed by atoms with van der Waals surface area (Å²) in [7, 11) is -2.23. The highest BCUT2D eigenvalue weighted by molar-refractivity contribution is 8.24. The Labute approximate surface area is 64.0 Å². The summed E-state index contributed by atoms with van der Waals surface area (Å²) in [4.78, 5) is 0. The molecule has 0 atom stereocenters. The lowest BCUT2D eigenvalue weighted by Gasteiger charge is -2.38. The Bertz CT molecular complexity index is 103. The number of hydrogen-bond acceptors (Lipinski definition) is 2. The normalized spacial score (nSPS) is 24.7. The van der Waals surface area contributed by atoms with E-state index in [-0.39, 0.29) is 5.25 Å². The standard InChI is InChI=1S/C7H16O2S/c1-10(8,9)7-5-3-2-4-6-7/h7-9H,2-6H2,1H3. The molecule has 2 nitrogen and oxygen atoms in total. The third-order valence-electron chi connectivity index (χ3n) is 2.18. The van der Waals surface area contributed by atoms with Crippen LogP contribution in [0.5, 0.6) is 0 Å². The molecule has 1 fully saturated rings. The highest BCUT2D eigenvalue weighted by Gasteiger charge is 2.22. The van der Waals surface area contributed by atoms with Crippen LogP contribution in [-0.2, 0) is 0 Å². The lowest BCUT2D eigenvalue weighted by Crippen LogP contribution is -2.19. The van der Waals surface area contributed by atoms with E-state index < -0.39 is 10.6 Å². The predicted molar refractivity (Wildman–Crippen MR) is 45.6 cm³/mol. The molecule has 1 saturated carbocycles. The average Bonchev–Trinajstić information content (AvgIpc) is 1.88. The first kappa shape index (κ1) is 8.37. The van der Waals surface area contributed by atoms with Gasteiger partial charge in [0.1, 0.15) is 0 Å². The van der Waals surface area contributed by atoms with Crippen LogP contribution in [0.2, 0.25) is 0 Å². The van der Waals surface area contributed by atoms with Crippen LogP contribution in [-0.4, -0.2) is 20.6 Å². The van der Waals surface area contributed by atoms with E-state index in [1.54, 1.807) is 6.26 Å². The van der Waals surface area contributed by atoms with E-state index in [1.807, 2.05) is 0 Å². The molecule has 1 rings (SSSR count). The highest BCUT2D eigenvalue weighted by Crippen LogP contribution is 2.46. The van der Waals surface area contributed by atoms with Crippen LogP contribution in [0, 0.1) is 0 Å². The molecular formula is C7H16O2S. The maximum absolute atomic E-state index is 9.28. The minimum absolute atomic E-state index is 0.196. The molecule has 0 spiro atoms. The molecule has 1 aliphatic carbocycles. The summed E-state index contributed by atoms with van der Waals surface area (Å²) in [6.45, 7) is 0. The van der Waals surface area contributed by atoms with Crippen molar-refractivity contribution >= 4 is 10.6 Å². The summed E-state index contributed by atoms with van der Waals surface area (Å²) in [6, 6.07) is 0. The van der Waals surface area contributed by atoms with E-state index in [0.717, 1.165) is 12.8 Å². The van der Waals surface area contributed by atoms with E-state index in [2.05, 4.69) is 0 Å². The molecule has 10 heavy (non-hydrogen) atoms. The fourth-order valence-corrected chi connectivity index (χ4v) is 2.74. The van der Waals surface area contributed by atoms with Crippen LogP contribution >= 0.6 is 10.6 Å². The zero-order valence-electron chi connectivity index (χ0n) is 6.42. The summed E-state index contributed by atoms with van der Waals surface area (Å²) >= 11 is 0. The summed E-state index contributed by atoms with van der Waals surface area (Å²) in [5.41, 5.74) is 0. The number of rotatable bonds is 1. The Morgan fingerprint density at radius 1 is 1.10 bits per heavy atom.